The molecule has 4 atom stereocenters. The minimum atomic E-state index is -1.71. The summed E-state index contributed by atoms with van der Waals surface area (Å²) in [5.74, 6) is -1.75. The molecule has 2 aliphatic heterocycles. The third kappa shape index (κ3) is 5.54. The summed E-state index contributed by atoms with van der Waals surface area (Å²) < 4.78 is 6.06. The van der Waals surface area contributed by atoms with Gasteiger partial charge in [0.2, 0.25) is 11.8 Å². The molecule has 214 valence electrons. The molecular weight excluding hydrogens is 520 g/mol. The number of allylic oxidation sites excluding steroid dienone is 2. The number of phenols is 1. The average molecular weight is 557 g/mol. The molecule has 0 spiro atoms. The lowest BCUT2D eigenvalue weighted by Gasteiger charge is -2.42. The summed E-state index contributed by atoms with van der Waals surface area (Å²) in [6, 6.07) is 10.1. The first-order chi connectivity index (χ1) is 19.5. The van der Waals surface area contributed by atoms with Gasteiger partial charge in [0, 0.05) is 0 Å². The van der Waals surface area contributed by atoms with Gasteiger partial charge in [0.15, 0.2) is 0 Å². The van der Waals surface area contributed by atoms with Crippen molar-refractivity contribution in [3.05, 3.63) is 69.8 Å². The highest BCUT2D eigenvalue weighted by Gasteiger charge is 2.57. The van der Waals surface area contributed by atoms with E-state index in [1.807, 2.05) is 32.9 Å². The van der Waals surface area contributed by atoms with Crippen LogP contribution in [0, 0.1) is 31.6 Å². The van der Waals surface area contributed by atoms with Crippen LogP contribution in [0.3, 0.4) is 0 Å². The van der Waals surface area contributed by atoms with Crippen LogP contribution in [0.5, 0.6) is 5.75 Å². The smallest absolute Gasteiger partial charge is 0.488 e. The number of fused-ring (bicyclic) bond motifs is 3. The van der Waals surface area contributed by atoms with Crippen LogP contribution in [0.15, 0.2) is 53.1 Å². The van der Waals surface area contributed by atoms with Crippen molar-refractivity contribution in [2.45, 2.75) is 65.8 Å². The Kier molecular flexibility index (Phi) is 8.30. The zero-order valence-electron chi connectivity index (χ0n) is 24.0. The number of carbonyl (C=O) groups excluding carboxylic acids is 2. The van der Waals surface area contributed by atoms with Crippen molar-refractivity contribution in [2.24, 2.45) is 17.8 Å². The molecule has 4 N–H and O–H groups in total. The van der Waals surface area contributed by atoms with Crippen LogP contribution in [0.1, 0.15) is 56.2 Å². The van der Waals surface area contributed by atoms with E-state index >= 15 is 0 Å². The van der Waals surface area contributed by atoms with Crippen LogP contribution in [0.2, 0.25) is 6.32 Å². The molecule has 2 saturated heterocycles. The van der Waals surface area contributed by atoms with Crippen LogP contribution >= 0.6 is 0 Å². The first-order valence-electron chi connectivity index (χ1n) is 14.4. The molecule has 2 heterocycles. The van der Waals surface area contributed by atoms with Gasteiger partial charge in [-0.25, -0.2) is 0 Å². The molecule has 1 aliphatic carbocycles. The fraction of sp³-hybridized carbons (Fsp3) is 0.419. The Morgan fingerprint density at radius 2 is 1.80 bits per heavy atom. The molecule has 8 nitrogen and oxygen atoms in total. The monoisotopic (exact) mass is 557 g/mol. The fourth-order valence-electron chi connectivity index (χ4n) is 6.97. The molecule has 2 aromatic carbocycles. The molecule has 0 radical (unpaired) electrons. The second-order valence-electron chi connectivity index (χ2n) is 11.7. The van der Waals surface area contributed by atoms with Gasteiger partial charge in [-0.1, -0.05) is 36.3 Å². The topological polar surface area (TPSA) is 128 Å². The predicted octanol–water partition coefficient (Wildman–Crippen LogP) is 3.28. The van der Waals surface area contributed by atoms with Gasteiger partial charge in [-0.15, -0.1) is 0 Å². The summed E-state index contributed by atoms with van der Waals surface area (Å²) in [6.45, 7) is 7.87. The molecule has 2 aromatic rings. The van der Waals surface area contributed by atoms with Gasteiger partial charge in [-0.2, -0.15) is 0 Å². The summed E-state index contributed by atoms with van der Waals surface area (Å²) in [7, 11) is -2.75. The van der Waals surface area contributed by atoms with Gasteiger partial charge in [-0.05, 0) is 111 Å². The number of benzene rings is 2. The van der Waals surface area contributed by atoms with Gasteiger partial charge in [0.05, 0.1) is 23.6 Å². The molecule has 3 aliphatic rings. The highest BCUT2D eigenvalue weighted by molar-refractivity contribution is 6.58. The molecular formula is C31H37B2NO7. The second-order valence-corrected chi connectivity index (χ2v) is 11.7. The van der Waals surface area contributed by atoms with Crippen molar-refractivity contribution >= 4 is 43.3 Å². The van der Waals surface area contributed by atoms with Crippen LogP contribution in [-0.4, -0.2) is 52.3 Å². The van der Waals surface area contributed by atoms with E-state index in [9.17, 15) is 29.8 Å². The number of anilines is 1. The van der Waals surface area contributed by atoms with E-state index in [4.69, 9.17) is 4.65 Å². The van der Waals surface area contributed by atoms with E-state index in [0.717, 1.165) is 40.7 Å². The molecule has 0 unspecified atom stereocenters. The van der Waals surface area contributed by atoms with E-state index in [-0.39, 0.29) is 35.6 Å². The molecule has 0 saturated carbocycles. The van der Waals surface area contributed by atoms with E-state index in [1.54, 1.807) is 12.1 Å². The van der Waals surface area contributed by atoms with Crippen LogP contribution in [0.25, 0.3) is 6.08 Å². The lowest BCUT2D eigenvalue weighted by molar-refractivity contribution is -0.122. The van der Waals surface area contributed by atoms with Gasteiger partial charge >= 0.3 is 14.2 Å². The van der Waals surface area contributed by atoms with Crippen molar-refractivity contribution < 1.29 is 34.4 Å². The van der Waals surface area contributed by atoms with E-state index in [0.29, 0.717) is 24.3 Å². The average Bonchev–Trinajstić information content (AvgIpc) is 3.18. The second kappa shape index (κ2) is 11.6. The minimum Gasteiger partial charge on any atom is -0.507 e. The summed E-state index contributed by atoms with van der Waals surface area (Å²) in [4.78, 5) is 28.5. The maximum Gasteiger partial charge on any atom is 0.488 e. The minimum absolute atomic E-state index is 0.201. The number of nitrogens with zero attached hydrogens (tertiary/aromatic N) is 1. The first kappa shape index (κ1) is 29.3. The molecule has 10 heteroatoms. The van der Waals surface area contributed by atoms with Crippen molar-refractivity contribution in [3.8, 4) is 5.75 Å². The standard InChI is InChI=1S/C31H37B2NO7/c1-5-20(14-21-11-18(3)29(35)19(4)12-21)9-10-26-27-17(2)13-24-28(25(27)16-32(38)41-26)31(37)34(30(24)36)23-8-6-7-22(15-23)33(39)40/h6-8,11-12,14-15,24-26,28,35,38-40H,5,9-10,13,16H2,1-4H3/b20-14+/t24-,25+,26-,28-/m1/s1. The number of aromatic hydroxyl groups is 1. The zero-order valence-corrected chi connectivity index (χ0v) is 24.0. The third-order valence-corrected chi connectivity index (χ3v) is 8.94. The van der Waals surface area contributed by atoms with Crippen molar-refractivity contribution in [1.82, 2.24) is 0 Å². The highest BCUT2D eigenvalue weighted by atomic mass is 16.5. The number of carbonyl (C=O) groups is 2. The fourth-order valence-corrected chi connectivity index (χ4v) is 6.97. The van der Waals surface area contributed by atoms with Gasteiger partial charge in [-0.3, -0.25) is 14.5 Å². The maximum absolute atomic E-state index is 13.8. The van der Waals surface area contributed by atoms with Gasteiger partial charge in [0.1, 0.15) is 5.75 Å². The van der Waals surface area contributed by atoms with Crippen molar-refractivity contribution in [2.75, 3.05) is 4.90 Å². The Bertz CT molecular complexity index is 1410. The van der Waals surface area contributed by atoms with Crippen LogP contribution < -0.4 is 10.4 Å². The van der Waals surface area contributed by atoms with E-state index in [1.165, 1.54) is 22.6 Å². The van der Waals surface area contributed by atoms with E-state index in [2.05, 4.69) is 13.0 Å². The molecule has 5 rings (SSSR count). The molecule has 41 heavy (non-hydrogen) atoms. The first-order valence-corrected chi connectivity index (χ1v) is 14.4. The number of phenolic OH excluding ortho intramolecular Hbond substituents is 1. The Balaban J connectivity index is 1.39. The highest BCUT2D eigenvalue weighted by Crippen LogP contribution is 2.51. The molecule has 2 fully saturated rings. The van der Waals surface area contributed by atoms with Crippen molar-refractivity contribution in [3.63, 3.8) is 0 Å². The SMILES string of the molecule is CC/C(=C\c1cc(C)c(O)c(C)c1)CC[C@H]1OB(O)C[C@H]2C1=C(C)C[C@H]1C(=O)N(c3cccc(B(O)O)c3)C(=O)[C@H]12. The lowest BCUT2D eigenvalue weighted by Crippen LogP contribution is -2.46. The Hall–Kier alpha value is -3.17. The maximum atomic E-state index is 13.8. The molecule has 0 aromatic heterocycles. The number of amides is 2. The molecule has 2 amide bonds. The number of hydrogen-bond donors (Lipinski definition) is 4. The normalized spacial score (nSPS) is 24.6. The van der Waals surface area contributed by atoms with Gasteiger partial charge in [0.25, 0.3) is 0 Å². The van der Waals surface area contributed by atoms with Crippen LogP contribution in [0.4, 0.5) is 5.69 Å². The quantitative estimate of drug-likeness (QED) is 0.234. The Labute approximate surface area is 241 Å². The van der Waals surface area contributed by atoms with Gasteiger partial charge < -0.3 is 24.8 Å². The third-order valence-electron chi connectivity index (χ3n) is 8.94. The molecule has 0 bridgehead atoms. The lowest BCUT2D eigenvalue weighted by atomic mass is 9.59. The number of hydrogen-bond acceptors (Lipinski definition) is 7. The van der Waals surface area contributed by atoms with Crippen molar-refractivity contribution in [1.29, 1.82) is 0 Å². The predicted molar refractivity (Wildman–Crippen MR) is 159 cm³/mol. The largest absolute Gasteiger partial charge is 0.507 e. The number of imide groups is 1. The summed E-state index contributed by atoms with van der Waals surface area (Å²) in [5.41, 5.74) is 6.47. The summed E-state index contributed by atoms with van der Waals surface area (Å²) in [5, 5.41) is 40.1. The Morgan fingerprint density at radius 1 is 1.10 bits per heavy atom. The number of rotatable bonds is 7. The van der Waals surface area contributed by atoms with E-state index < -0.39 is 26.1 Å². The summed E-state index contributed by atoms with van der Waals surface area (Å²) >= 11 is 0. The number of aryl methyl sites for hydroxylation is 2. The van der Waals surface area contributed by atoms with Crippen LogP contribution in [-0.2, 0) is 14.2 Å². The Morgan fingerprint density at radius 3 is 2.46 bits per heavy atom. The summed E-state index contributed by atoms with van der Waals surface area (Å²) in [6.07, 6.45) is 4.67. The zero-order chi connectivity index (χ0) is 29.6.